The number of halogens is 1. The van der Waals surface area contributed by atoms with Gasteiger partial charge in [0.05, 0.1) is 11.4 Å². The number of carbonyl (C=O) groups excluding carboxylic acids is 2. The number of nitrogens with two attached hydrogens (primary N) is 1. The minimum absolute atomic E-state index is 0.0627. The van der Waals surface area contributed by atoms with Crippen LogP contribution in [-0.2, 0) is 10.0 Å². The number of terminal acetylenes is 1. The molecule has 0 saturated heterocycles. The van der Waals surface area contributed by atoms with Crippen molar-refractivity contribution in [1.29, 1.82) is 0 Å². The largest absolute Gasteiger partial charge is 0.366 e. The summed E-state index contributed by atoms with van der Waals surface area (Å²) in [5, 5.41) is 2.48. The van der Waals surface area contributed by atoms with Crippen LogP contribution in [0.15, 0.2) is 41.3 Å². The van der Waals surface area contributed by atoms with Gasteiger partial charge in [-0.05, 0) is 43.3 Å². The first-order valence-electron chi connectivity index (χ1n) is 7.60. The van der Waals surface area contributed by atoms with Crippen LogP contribution in [-0.4, -0.2) is 26.8 Å². The minimum atomic E-state index is -3.78. The van der Waals surface area contributed by atoms with Crippen LogP contribution in [0, 0.1) is 25.1 Å². The molecule has 0 aromatic heterocycles. The van der Waals surface area contributed by atoms with E-state index in [0.29, 0.717) is 0 Å². The smallest absolute Gasteiger partial charge is 0.255 e. The third kappa shape index (κ3) is 4.69. The van der Waals surface area contributed by atoms with Gasteiger partial charge in [-0.1, -0.05) is 5.92 Å². The molecule has 2 aromatic carbocycles. The predicted molar refractivity (Wildman–Crippen MR) is 98.1 cm³/mol. The monoisotopic (exact) mass is 389 g/mol. The summed E-state index contributed by atoms with van der Waals surface area (Å²) in [6.45, 7) is 1.27. The summed E-state index contributed by atoms with van der Waals surface area (Å²) in [5.74, 6) is 0.0166. The highest BCUT2D eigenvalue weighted by molar-refractivity contribution is 7.89. The Hall–Kier alpha value is -3.22. The Morgan fingerprint density at radius 2 is 1.81 bits per heavy atom. The topological polar surface area (TPSA) is 118 Å². The maximum absolute atomic E-state index is 13.9. The van der Waals surface area contributed by atoms with Crippen LogP contribution in [0.1, 0.15) is 26.3 Å². The summed E-state index contributed by atoms with van der Waals surface area (Å²) in [5.41, 5.74) is 5.40. The SMILES string of the molecule is C#CCNS(=O)(=O)c1ccc(C(=O)Nc2cc(C(N)=O)cc(F)c2C)cc1. The van der Waals surface area contributed by atoms with Crippen LogP contribution < -0.4 is 15.8 Å². The van der Waals surface area contributed by atoms with E-state index in [1.807, 2.05) is 0 Å². The Morgan fingerprint density at radius 1 is 1.19 bits per heavy atom. The Bertz CT molecular complexity index is 1040. The first-order chi connectivity index (χ1) is 12.7. The second kappa shape index (κ2) is 7.99. The highest BCUT2D eigenvalue weighted by Crippen LogP contribution is 2.21. The van der Waals surface area contributed by atoms with Crippen LogP contribution in [0.3, 0.4) is 0 Å². The zero-order valence-electron chi connectivity index (χ0n) is 14.2. The average Bonchev–Trinajstić information content (AvgIpc) is 2.63. The van der Waals surface area contributed by atoms with Gasteiger partial charge >= 0.3 is 0 Å². The molecule has 0 aliphatic rings. The molecule has 2 aromatic rings. The van der Waals surface area contributed by atoms with E-state index in [2.05, 4.69) is 16.0 Å². The molecule has 0 aliphatic carbocycles. The van der Waals surface area contributed by atoms with Gasteiger partial charge in [-0.15, -0.1) is 6.42 Å². The maximum atomic E-state index is 13.9. The van der Waals surface area contributed by atoms with E-state index in [1.54, 1.807) is 0 Å². The number of benzene rings is 2. The third-order valence-electron chi connectivity index (χ3n) is 3.67. The molecule has 2 amide bonds. The van der Waals surface area contributed by atoms with Gasteiger partial charge in [0.15, 0.2) is 0 Å². The minimum Gasteiger partial charge on any atom is -0.366 e. The van der Waals surface area contributed by atoms with Crippen molar-refractivity contribution in [1.82, 2.24) is 4.72 Å². The van der Waals surface area contributed by atoms with Crippen molar-refractivity contribution in [2.45, 2.75) is 11.8 Å². The summed E-state index contributed by atoms with van der Waals surface area (Å²) in [6.07, 6.45) is 5.02. The normalized spacial score (nSPS) is 10.9. The number of sulfonamides is 1. The maximum Gasteiger partial charge on any atom is 0.255 e. The van der Waals surface area contributed by atoms with Gasteiger partial charge in [-0.3, -0.25) is 9.59 Å². The summed E-state index contributed by atoms with van der Waals surface area (Å²) in [4.78, 5) is 23.5. The predicted octanol–water partition coefficient (Wildman–Crippen LogP) is 1.40. The zero-order chi connectivity index (χ0) is 20.2. The number of rotatable bonds is 6. The van der Waals surface area contributed by atoms with E-state index in [0.717, 1.165) is 6.07 Å². The first-order valence-corrected chi connectivity index (χ1v) is 9.08. The van der Waals surface area contributed by atoms with Crippen molar-refractivity contribution in [3.63, 3.8) is 0 Å². The van der Waals surface area contributed by atoms with E-state index >= 15 is 0 Å². The molecule has 27 heavy (non-hydrogen) atoms. The lowest BCUT2D eigenvalue weighted by Crippen LogP contribution is -2.24. The second-order valence-corrected chi connectivity index (χ2v) is 7.27. The summed E-state index contributed by atoms with van der Waals surface area (Å²) in [7, 11) is -3.78. The third-order valence-corrected chi connectivity index (χ3v) is 5.09. The molecule has 0 radical (unpaired) electrons. The van der Waals surface area contributed by atoms with Gasteiger partial charge in [0.2, 0.25) is 15.9 Å². The van der Waals surface area contributed by atoms with Crippen molar-refractivity contribution >= 4 is 27.5 Å². The van der Waals surface area contributed by atoms with E-state index in [1.165, 1.54) is 37.3 Å². The van der Waals surface area contributed by atoms with Crippen LogP contribution in [0.5, 0.6) is 0 Å². The molecule has 0 atom stereocenters. The van der Waals surface area contributed by atoms with Crippen molar-refractivity contribution in [3.8, 4) is 12.3 Å². The van der Waals surface area contributed by atoms with Gasteiger partial charge < -0.3 is 11.1 Å². The quantitative estimate of drug-likeness (QED) is 0.647. The average molecular weight is 389 g/mol. The van der Waals surface area contributed by atoms with Gasteiger partial charge in [-0.2, -0.15) is 4.72 Å². The number of amides is 2. The highest BCUT2D eigenvalue weighted by atomic mass is 32.2. The Morgan fingerprint density at radius 3 is 2.37 bits per heavy atom. The van der Waals surface area contributed by atoms with E-state index in [4.69, 9.17) is 12.2 Å². The number of carbonyl (C=O) groups is 2. The highest BCUT2D eigenvalue weighted by Gasteiger charge is 2.16. The molecule has 140 valence electrons. The molecular weight excluding hydrogens is 373 g/mol. The van der Waals surface area contributed by atoms with Crippen molar-refractivity contribution in [3.05, 3.63) is 58.9 Å². The Labute approximate surface area is 155 Å². The van der Waals surface area contributed by atoms with Crippen LogP contribution in [0.4, 0.5) is 10.1 Å². The number of anilines is 1. The van der Waals surface area contributed by atoms with Crippen molar-refractivity contribution < 1.29 is 22.4 Å². The Kier molecular flexibility index (Phi) is 5.95. The standard InChI is InChI=1S/C18H16FN3O4S/c1-3-8-21-27(25,26)14-6-4-12(5-7-14)18(24)22-16-10-13(17(20)23)9-15(19)11(16)2/h1,4-7,9-10,21H,8H2,2H3,(H2,20,23)(H,22,24). The molecule has 0 heterocycles. The molecule has 9 heteroatoms. The number of hydrogen-bond acceptors (Lipinski definition) is 4. The summed E-state index contributed by atoms with van der Waals surface area (Å²) >= 11 is 0. The van der Waals surface area contributed by atoms with Gasteiger partial charge in [0.1, 0.15) is 5.82 Å². The molecule has 4 N–H and O–H groups in total. The molecule has 0 spiro atoms. The van der Waals surface area contributed by atoms with Crippen molar-refractivity contribution in [2.24, 2.45) is 5.73 Å². The molecule has 0 aliphatic heterocycles. The van der Waals surface area contributed by atoms with Crippen LogP contribution in [0.25, 0.3) is 0 Å². The second-order valence-electron chi connectivity index (χ2n) is 5.50. The number of nitrogens with one attached hydrogen (secondary N) is 2. The fraction of sp³-hybridized carbons (Fsp3) is 0.111. The number of primary amides is 1. The van der Waals surface area contributed by atoms with Gasteiger partial charge in [0, 0.05) is 22.4 Å². The zero-order valence-corrected chi connectivity index (χ0v) is 15.1. The summed E-state index contributed by atoms with van der Waals surface area (Å²) < 4.78 is 40.0. The van der Waals surface area contributed by atoms with E-state index in [9.17, 15) is 22.4 Å². The number of hydrogen-bond donors (Lipinski definition) is 3. The van der Waals surface area contributed by atoms with Crippen LogP contribution >= 0.6 is 0 Å². The fourth-order valence-corrected chi connectivity index (χ4v) is 3.09. The summed E-state index contributed by atoms with van der Waals surface area (Å²) in [6, 6.07) is 7.31. The molecule has 0 fully saturated rings. The van der Waals surface area contributed by atoms with Gasteiger partial charge in [0.25, 0.3) is 5.91 Å². The van der Waals surface area contributed by atoms with E-state index < -0.39 is 27.7 Å². The molecule has 7 nitrogen and oxygen atoms in total. The van der Waals surface area contributed by atoms with Crippen molar-refractivity contribution in [2.75, 3.05) is 11.9 Å². The lowest BCUT2D eigenvalue weighted by Gasteiger charge is -2.11. The lowest BCUT2D eigenvalue weighted by atomic mass is 10.1. The fourth-order valence-electron chi connectivity index (χ4n) is 2.15. The molecule has 0 saturated carbocycles. The lowest BCUT2D eigenvalue weighted by molar-refractivity contribution is 0.0995. The first kappa shape index (κ1) is 20.1. The van der Waals surface area contributed by atoms with E-state index in [-0.39, 0.29) is 33.8 Å². The molecule has 0 bridgehead atoms. The Balaban J connectivity index is 2.25. The molecule has 2 rings (SSSR count). The molecular formula is C18H16FN3O4S. The van der Waals surface area contributed by atoms with Gasteiger partial charge in [-0.25, -0.2) is 12.8 Å². The van der Waals surface area contributed by atoms with Crippen LogP contribution in [0.2, 0.25) is 0 Å². The molecule has 0 unspecified atom stereocenters.